The Morgan fingerprint density at radius 2 is 1.84 bits per heavy atom. The lowest BCUT2D eigenvalue weighted by Crippen LogP contribution is -2.50. The molecular weight excluding hydrogens is 440 g/mol. The van der Waals surface area contributed by atoms with Crippen molar-refractivity contribution in [3.05, 3.63) is 23.8 Å². The molecule has 2 aliphatic heterocycles. The zero-order chi connectivity index (χ0) is 23.2. The first-order chi connectivity index (χ1) is 15.0. The Bertz CT molecular complexity index is 1010. The maximum Gasteiger partial charge on any atom is 0.393 e. The molecule has 0 aliphatic carbocycles. The zero-order valence-electron chi connectivity index (χ0n) is 17.1. The molecule has 12 heteroatoms. The van der Waals surface area contributed by atoms with Crippen molar-refractivity contribution in [3.8, 4) is 0 Å². The number of hydrogen-bond acceptors (Lipinski definition) is 4. The van der Waals surface area contributed by atoms with Crippen LogP contribution in [-0.2, 0) is 11.3 Å². The Hall–Kier alpha value is -2.50. The number of aromatic nitrogens is 2. The van der Waals surface area contributed by atoms with Crippen LogP contribution in [0, 0.1) is 17.6 Å². The number of likely N-dealkylation sites (tertiary alicyclic amines) is 1. The number of alkyl halides is 4. The van der Waals surface area contributed by atoms with Gasteiger partial charge >= 0.3 is 6.18 Å². The molecule has 1 unspecified atom stereocenters. The minimum Gasteiger partial charge on any atom is -0.341 e. The summed E-state index contributed by atoms with van der Waals surface area (Å²) in [5.74, 6) is -4.29. The fourth-order valence-corrected chi connectivity index (χ4v) is 4.35. The van der Waals surface area contributed by atoms with E-state index in [0.29, 0.717) is 0 Å². The van der Waals surface area contributed by atoms with Gasteiger partial charge in [0.25, 0.3) is 0 Å². The molecule has 1 aromatic carbocycles. The lowest BCUT2D eigenvalue weighted by atomic mass is 9.97. The van der Waals surface area contributed by atoms with E-state index in [1.54, 1.807) is 4.90 Å². The Balaban J connectivity index is 1.66. The zero-order valence-corrected chi connectivity index (χ0v) is 17.1. The number of amides is 1. The van der Waals surface area contributed by atoms with Gasteiger partial charge in [-0.2, -0.15) is 13.2 Å². The Morgan fingerprint density at radius 1 is 1.12 bits per heavy atom. The summed E-state index contributed by atoms with van der Waals surface area (Å²) in [6, 6.07) is 0.971. The average Bonchev–Trinajstić information content (AvgIpc) is 3.07. The molecule has 0 saturated carbocycles. The SMILES string of the molecule is N[C@@H]1CN(c2nc3cc(F)c(F)cc3n2CC(=O)N2CCCC(C(F)(F)F)C2)CC[C@H]1F. The van der Waals surface area contributed by atoms with E-state index < -0.39 is 54.9 Å². The second-order valence-electron chi connectivity index (χ2n) is 8.39. The highest BCUT2D eigenvalue weighted by atomic mass is 19.4. The Kier molecular flexibility index (Phi) is 5.99. The van der Waals surface area contributed by atoms with Gasteiger partial charge in [0.1, 0.15) is 12.7 Å². The van der Waals surface area contributed by atoms with Gasteiger partial charge in [-0.1, -0.05) is 0 Å². The number of nitrogens with zero attached hydrogens (tertiary/aromatic N) is 4. The largest absolute Gasteiger partial charge is 0.393 e. The van der Waals surface area contributed by atoms with Gasteiger partial charge in [0.05, 0.1) is 23.0 Å². The molecule has 4 rings (SSSR count). The van der Waals surface area contributed by atoms with Crippen LogP contribution < -0.4 is 10.6 Å². The maximum atomic E-state index is 13.9. The van der Waals surface area contributed by atoms with Crippen molar-refractivity contribution in [2.24, 2.45) is 11.7 Å². The molecule has 2 aromatic rings. The third-order valence-corrected chi connectivity index (χ3v) is 6.15. The summed E-state index contributed by atoms with van der Waals surface area (Å²) in [4.78, 5) is 20.0. The second kappa shape index (κ2) is 8.45. The molecule has 6 nitrogen and oxygen atoms in total. The fourth-order valence-electron chi connectivity index (χ4n) is 4.35. The van der Waals surface area contributed by atoms with E-state index in [0.717, 1.165) is 17.0 Å². The highest BCUT2D eigenvalue weighted by Crippen LogP contribution is 2.34. The summed E-state index contributed by atoms with van der Waals surface area (Å²) in [7, 11) is 0. The molecule has 0 bridgehead atoms. The topological polar surface area (TPSA) is 67.4 Å². The van der Waals surface area contributed by atoms with E-state index >= 15 is 0 Å². The van der Waals surface area contributed by atoms with Gasteiger partial charge in [-0.15, -0.1) is 0 Å². The standard InChI is InChI=1S/C20H23F6N5O/c21-12-3-5-30(9-15(12)27)19-28-16-6-13(22)14(23)7-17(16)31(19)10-18(32)29-4-1-2-11(8-29)20(24,25)26/h6-7,11-12,15H,1-5,8-10,27H2/t11?,12-,15-/m1/s1. The van der Waals surface area contributed by atoms with Crippen molar-refractivity contribution in [2.75, 3.05) is 31.1 Å². The second-order valence-corrected chi connectivity index (χ2v) is 8.39. The lowest BCUT2D eigenvalue weighted by molar-refractivity contribution is -0.188. The number of imidazole rings is 1. The molecule has 1 amide bonds. The molecule has 2 aliphatic rings. The van der Waals surface area contributed by atoms with Crippen molar-refractivity contribution < 1.29 is 31.1 Å². The molecule has 0 spiro atoms. The fraction of sp³-hybridized carbons (Fsp3) is 0.600. The van der Waals surface area contributed by atoms with Gasteiger partial charge in [0.2, 0.25) is 11.9 Å². The average molecular weight is 463 g/mol. The third-order valence-electron chi connectivity index (χ3n) is 6.15. The van der Waals surface area contributed by atoms with Crippen LogP contribution in [0.15, 0.2) is 12.1 Å². The summed E-state index contributed by atoms with van der Waals surface area (Å²) in [6.45, 7) is -0.396. The quantitative estimate of drug-likeness (QED) is 0.711. The van der Waals surface area contributed by atoms with Crippen LogP contribution in [0.3, 0.4) is 0 Å². The summed E-state index contributed by atoms with van der Waals surface area (Å²) in [5.41, 5.74) is 6.01. The van der Waals surface area contributed by atoms with Crippen LogP contribution >= 0.6 is 0 Å². The smallest absolute Gasteiger partial charge is 0.341 e. The summed E-state index contributed by atoms with van der Waals surface area (Å²) in [6.07, 6.45) is -5.34. The predicted molar refractivity (Wildman–Crippen MR) is 105 cm³/mol. The van der Waals surface area contributed by atoms with E-state index in [1.807, 2.05) is 0 Å². The number of rotatable bonds is 3. The summed E-state index contributed by atoms with van der Waals surface area (Å²) in [5, 5.41) is 0. The number of carbonyl (C=O) groups is 1. The van der Waals surface area contributed by atoms with Crippen LogP contribution in [0.4, 0.5) is 32.3 Å². The molecule has 176 valence electrons. The maximum absolute atomic E-state index is 13.9. The number of halogens is 6. The van der Waals surface area contributed by atoms with Crippen molar-refractivity contribution in [2.45, 2.75) is 44.2 Å². The van der Waals surface area contributed by atoms with Crippen LogP contribution in [-0.4, -0.2) is 64.9 Å². The minimum atomic E-state index is -4.40. The van der Waals surface area contributed by atoms with Crippen molar-refractivity contribution >= 4 is 22.9 Å². The predicted octanol–water partition coefficient (Wildman–Crippen LogP) is 2.99. The monoisotopic (exact) mass is 463 g/mol. The summed E-state index contributed by atoms with van der Waals surface area (Å²) >= 11 is 0. The van der Waals surface area contributed by atoms with Crippen molar-refractivity contribution in [1.29, 1.82) is 0 Å². The van der Waals surface area contributed by atoms with E-state index in [1.165, 1.54) is 4.57 Å². The number of hydrogen-bond donors (Lipinski definition) is 1. The van der Waals surface area contributed by atoms with Gasteiger partial charge in [-0.05, 0) is 19.3 Å². The first-order valence-corrected chi connectivity index (χ1v) is 10.4. The number of benzene rings is 1. The Labute approximate surface area is 179 Å². The first-order valence-electron chi connectivity index (χ1n) is 10.4. The van der Waals surface area contributed by atoms with Crippen LogP contribution in [0.1, 0.15) is 19.3 Å². The van der Waals surface area contributed by atoms with Crippen molar-refractivity contribution in [1.82, 2.24) is 14.5 Å². The van der Waals surface area contributed by atoms with Crippen LogP contribution in [0.5, 0.6) is 0 Å². The highest BCUT2D eigenvalue weighted by Gasteiger charge is 2.42. The number of anilines is 1. The number of fused-ring (bicyclic) bond motifs is 1. The molecular formula is C20H23F6N5O. The molecule has 2 saturated heterocycles. The molecule has 1 aromatic heterocycles. The van der Waals surface area contributed by atoms with E-state index in [2.05, 4.69) is 4.98 Å². The normalized spacial score (nSPS) is 24.9. The van der Waals surface area contributed by atoms with Gasteiger partial charge in [-0.3, -0.25) is 4.79 Å². The first kappa shape index (κ1) is 22.7. The number of nitrogens with two attached hydrogens (primary N) is 1. The lowest BCUT2D eigenvalue weighted by Gasteiger charge is -2.35. The Morgan fingerprint density at radius 3 is 2.53 bits per heavy atom. The molecule has 2 fully saturated rings. The van der Waals surface area contributed by atoms with Gasteiger partial charge < -0.3 is 20.1 Å². The molecule has 0 radical (unpaired) electrons. The van der Waals surface area contributed by atoms with Crippen LogP contribution in [0.2, 0.25) is 0 Å². The number of piperidine rings is 2. The van der Waals surface area contributed by atoms with E-state index in [4.69, 9.17) is 5.73 Å². The molecule has 3 atom stereocenters. The van der Waals surface area contributed by atoms with Gasteiger partial charge in [-0.25, -0.2) is 18.2 Å². The number of carbonyl (C=O) groups excluding carboxylic acids is 1. The third kappa shape index (κ3) is 4.37. The highest BCUT2D eigenvalue weighted by molar-refractivity contribution is 5.83. The van der Waals surface area contributed by atoms with E-state index in [9.17, 15) is 31.1 Å². The van der Waals surface area contributed by atoms with Crippen LogP contribution in [0.25, 0.3) is 11.0 Å². The molecule has 32 heavy (non-hydrogen) atoms. The molecule has 2 N–H and O–H groups in total. The summed E-state index contributed by atoms with van der Waals surface area (Å²) < 4.78 is 82.3. The van der Waals surface area contributed by atoms with Gasteiger partial charge in [0, 0.05) is 38.3 Å². The minimum absolute atomic E-state index is 0.0485. The van der Waals surface area contributed by atoms with E-state index in [-0.39, 0.29) is 55.9 Å². The van der Waals surface area contributed by atoms with Crippen molar-refractivity contribution in [3.63, 3.8) is 0 Å². The van der Waals surface area contributed by atoms with Gasteiger partial charge in [0.15, 0.2) is 11.6 Å². The molecule has 3 heterocycles.